The van der Waals surface area contributed by atoms with Crippen LogP contribution in [0.2, 0.25) is 0 Å². The summed E-state index contributed by atoms with van der Waals surface area (Å²) in [5, 5.41) is 43.6. The number of carboxylic acids is 1. The van der Waals surface area contributed by atoms with Crippen LogP contribution in [-0.4, -0.2) is 81.5 Å². The monoisotopic (exact) mass is 454 g/mol. The number of rotatable bonds is 12. The van der Waals surface area contributed by atoms with Gasteiger partial charge in [-0.3, -0.25) is 14.4 Å². The molecule has 0 saturated carbocycles. The Morgan fingerprint density at radius 1 is 0.875 bits per heavy atom. The van der Waals surface area contributed by atoms with E-state index < -0.39 is 67.0 Å². The van der Waals surface area contributed by atoms with E-state index >= 15 is 0 Å². The Balaban J connectivity index is 2.77. The molecule has 0 bridgehead atoms. The maximum atomic E-state index is 12.5. The first kappa shape index (κ1) is 26.8. The number of carbonyl (C=O) groups excluding carboxylic acids is 3. The van der Waals surface area contributed by atoms with Crippen molar-refractivity contribution in [1.29, 1.82) is 0 Å². The van der Waals surface area contributed by atoms with Crippen molar-refractivity contribution in [1.82, 2.24) is 16.0 Å². The normalized spacial score (nSPS) is 14.7. The van der Waals surface area contributed by atoms with Crippen molar-refractivity contribution in [3.05, 3.63) is 29.8 Å². The van der Waals surface area contributed by atoms with Gasteiger partial charge in [0.1, 0.15) is 23.9 Å². The Bertz CT molecular complexity index is 799. The third kappa shape index (κ3) is 8.13. The number of benzene rings is 1. The van der Waals surface area contributed by atoms with Crippen LogP contribution in [0.4, 0.5) is 0 Å². The van der Waals surface area contributed by atoms with Crippen molar-refractivity contribution in [2.24, 2.45) is 11.7 Å². The van der Waals surface area contributed by atoms with E-state index in [-0.39, 0.29) is 12.2 Å². The summed E-state index contributed by atoms with van der Waals surface area (Å²) >= 11 is 0. The standard InChI is InChI=1S/C20H30N4O8/c1-10(2)16(19(30)23-15(9-26)20(31)32)24-18(29)14(8-25)22-17(28)13(21)7-11-3-5-12(27)6-4-11/h3-6,10,13-16,25-27H,7-9,21H2,1-2H3,(H,22,28)(H,23,30)(H,24,29)(H,31,32). The summed E-state index contributed by atoms with van der Waals surface area (Å²) < 4.78 is 0. The molecule has 1 aromatic carbocycles. The second-order valence-electron chi connectivity index (χ2n) is 7.53. The lowest BCUT2D eigenvalue weighted by atomic mass is 10.0. The number of hydrogen-bond donors (Lipinski definition) is 8. The van der Waals surface area contributed by atoms with Gasteiger partial charge >= 0.3 is 5.97 Å². The molecule has 4 unspecified atom stereocenters. The van der Waals surface area contributed by atoms with Crippen LogP contribution in [0.3, 0.4) is 0 Å². The number of aromatic hydroxyl groups is 1. The summed E-state index contributed by atoms with van der Waals surface area (Å²) in [5.74, 6) is -4.30. The van der Waals surface area contributed by atoms with E-state index in [1.807, 2.05) is 0 Å². The van der Waals surface area contributed by atoms with Crippen LogP contribution < -0.4 is 21.7 Å². The lowest BCUT2D eigenvalue weighted by molar-refractivity contribution is -0.143. The minimum Gasteiger partial charge on any atom is -0.508 e. The molecule has 4 atom stereocenters. The van der Waals surface area contributed by atoms with Crippen LogP contribution in [0.25, 0.3) is 0 Å². The van der Waals surface area contributed by atoms with Crippen LogP contribution >= 0.6 is 0 Å². The van der Waals surface area contributed by atoms with Crippen LogP contribution in [0, 0.1) is 5.92 Å². The highest BCUT2D eigenvalue weighted by molar-refractivity contribution is 5.94. The molecular formula is C20H30N4O8. The number of aliphatic carboxylic acids is 1. The van der Waals surface area contributed by atoms with Gasteiger partial charge in [0.25, 0.3) is 0 Å². The molecular weight excluding hydrogens is 424 g/mol. The molecule has 3 amide bonds. The van der Waals surface area contributed by atoms with Gasteiger partial charge in [-0.05, 0) is 30.0 Å². The summed E-state index contributed by atoms with van der Waals surface area (Å²) in [5.41, 5.74) is 6.53. The van der Waals surface area contributed by atoms with Crippen molar-refractivity contribution in [2.75, 3.05) is 13.2 Å². The first-order valence-corrected chi connectivity index (χ1v) is 9.89. The van der Waals surface area contributed by atoms with Crippen molar-refractivity contribution in [2.45, 2.75) is 44.4 Å². The number of carbonyl (C=O) groups is 4. The molecule has 9 N–H and O–H groups in total. The molecule has 12 heteroatoms. The van der Waals surface area contributed by atoms with Gasteiger partial charge in [-0.1, -0.05) is 26.0 Å². The lowest BCUT2D eigenvalue weighted by Gasteiger charge is -2.26. The maximum absolute atomic E-state index is 12.5. The number of phenolic OH excluding ortho intramolecular Hbond substituents is 1. The molecule has 0 spiro atoms. The van der Waals surface area contributed by atoms with Crippen molar-refractivity contribution >= 4 is 23.7 Å². The minimum absolute atomic E-state index is 0.0567. The summed E-state index contributed by atoms with van der Waals surface area (Å²) in [6.07, 6.45) is 0.112. The Morgan fingerprint density at radius 3 is 1.88 bits per heavy atom. The number of hydrogen-bond acceptors (Lipinski definition) is 8. The Labute approximate surface area is 184 Å². The fourth-order valence-electron chi connectivity index (χ4n) is 2.69. The van der Waals surface area contributed by atoms with Gasteiger partial charge in [-0.2, -0.15) is 0 Å². The van der Waals surface area contributed by atoms with Gasteiger partial charge in [0.05, 0.1) is 19.3 Å². The second kappa shape index (κ2) is 12.6. The van der Waals surface area contributed by atoms with Gasteiger partial charge in [-0.15, -0.1) is 0 Å². The van der Waals surface area contributed by atoms with Gasteiger partial charge in [-0.25, -0.2) is 4.79 Å². The molecule has 0 heterocycles. The zero-order valence-corrected chi connectivity index (χ0v) is 17.8. The quantitative estimate of drug-likeness (QED) is 0.167. The number of carboxylic acid groups (broad SMARTS) is 1. The van der Waals surface area contributed by atoms with Crippen LogP contribution in [-0.2, 0) is 25.6 Å². The SMILES string of the molecule is CC(C)C(NC(=O)C(CO)NC(=O)C(N)Cc1ccc(O)cc1)C(=O)NC(CO)C(=O)O. The zero-order chi connectivity index (χ0) is 24.4. The molecule has 178 valence electrons. The first-order chi connectivity index (χ1) is 15.0. The number of aliphatic hydroxyl groups excluding tert-OH is 2. The molecule has 0 aliphatic rings. The maximum Gasteiger partial charge on any atom is 0.328 e. The molecule has 0 aromatic heterocycles. The van der Waals surface area contributed by atoms with E-state index in [9.17, 15) is 29.4 Å². The molecule has 0 radical (unpaired) electrons. The van der Waals surface area contributed by atoms with Crippen molar-refractivity contribution < 1.29 is 39.6 Å². The van der Waals surface area contributed by atoms with E-state index in [1.54, 1.807) is 26.0 Å². The lowest BCUT2D eigenvalue weighted by Crippen LogP contribution is -2.59. The predicted octanol–water partition coefficient (Wildman–Crippen LogP) is -2.56. The summed E-state index contributed by atoms with van der Waals surface area (Å²) in [6, 6.07) is 0.851. The molecule has 1 rings (SSSR count). The fourth-order valence-corrected chi connectivity index (χ4v) is 2.69. The molecule has 0 aliphatic heterocycles. The highest BCUT2D eigenvalue weighted by atomic mass is 16.4. The third-order valence-corrected chi connectivity index (χ3v) is 4.59. The van der Waals surface area contributed by atoms with E-state index in [0.29, 0.717) is 5.56 Å². The molecule has 0 aliphatic carbocycles. The molecule has 32 heavy (non-hydrogen) atoms. The van der Waals surface area contributed by atoms with E-state index in [4.69, 9.17) is 15.9 Å². The number of nitrogens with one attached hydrogen (secondary N) is 3. The number of nitrogens with two attached hydrogens (primary N) is 1. The van der Waals surface area contributed by atoms with Gasteiger partial charge < -0.3 is 42.1 Å². The number of phenols is 1. The fraction of sp³-hybridized carbons (Fsp3) is 0.500. The minimum atomic E-state index is -1.55. The Kier molecular flexibility index (Phi) is 10.5. The molecule has 1 aromatic rings. The average Bonchev–Trinajstić information content (AvgIpc) is 2.74. The van der Waals surface area contributed by atoms with E-state index in [1.165, 1.54) is 12.1 Å². The van der Waals surface area contributed by atoms with Crippen LogP contribution in [0.1, 0.15) is 19.4 Å². The Morgan fingerprint density at radius 2 is 1.41 bits per heavy atom. The van der Waals surface area contributed by atoms with Crippen molar-refractivity contribution in [3.63, 3.8) is 0 Å². The second-order valence-corrected chi connectivity index (χ2v) is 7.53. The van der Waals surface area contributed by atoms with Crippen molar-refractivity contribution in [3.8, 4) is 5.75 Å². The summed E-state index contributed by atoms with van der Waals surface area (Å²) in [6.45, 7) is 1.58. The number of aliphatic hydroxyl groups is 2. The predicted molar refractivity (Wildman–Crippen MR) is 112 cm³/mol. The van der Waals surface area contributed by atoms with Crippen LogP contribution in [0.15, 0.2) is 24.3 Å². The van der Waals surface area contributed by atoms with E-state index in [0.717, 1.165) is 0 Å². The summed E-state index contributed by atoms with van der Waals surface area (Å²) in [7, 11) is 0. The van der Waals surface area contributed by atoms with Gasteiger partial charge in [0.2, 0.25) is 17.7 Å². The molecule has 0 saturated heterocycles. The zero-order valence-electron chi connectivity index (χ0n) is 17.8. The number of amides is 3. The third-order valence-electron chi connectivity index (χ3n) is 4.59. The summed E-state index contributed by atoms with van der Waals surface area (Å²) in [4.78, 5) is 48.3. The Hall–Kier alpha value is -3.22. The van der Waals surface area contributed by atoms with Crippen LogP contribution in [0.5, 0.6) is 5.75 Å². The average molecular weight is 454 g/mol. The molecule has 12 nitrogen and oxygen atoms in total. The van der Waals surface area contributed by atoms with Gasteiger partial charge in [0, 0.05) is 0 Å². The highest BCUT2D eigenvalue weighted by Crippen LogP contribution is 2.11. The topological polar surface area (TPSA) is 211 Å². The largest absolute Gasteiger partial charge is 0.508 e. The van der Waals surface area contributed by atoms with E-state index in [2.05, 4.69) is 16.0 Å². The van der Waals surface area contributed by atoms with Gasteiger partial charge in [0.15, 0.2) is 0 Å². The molecule has 0 fully saturated rings. The smallest absolute Gasteiger partial charge is 0.328 e. The first-order valence-electron chi connectivity index (χ1n) is 9.89. The highest BCUT2D eigenvalue weighted by Gasteiger charge is 2.31.